The van der Waals surface area contributed by atoms with Gasteiger partial charge < -0.3 is 9.96 Å². The average Bonchev–Trinajstić information content (AvgIpc) is 2.35. The molecule has 0 aromatic carbocycles. The van der Waals surface area contributed by atoms with Crippen LogP contribution in [0.3, 0.4) is 0 Å². The Kier molecular flexibility index (Phi) is 9.76. The minimum Gasteiger partial charge on any atom is -0.870 e. The zero-order valence-electron chi connectivity index (χ0n) is 13.0. The number of rotatable bonds is 8. The molecular formula is C16H35NO. The van der Waals surface area contributed by atoms with Crippen LogP contribution in [0.2, 0.25) is 0 Å². The topological polar surface area (TPSA) is 30.0 Å². The minimum atomic E-state index is 0. The van der Waals surface area contributed by atoms with E-state index < -0.39 is 0 Å². The summed E-state index contributed by atoms with van der Waals surface area (Å²) < 4.78 is 1.29. The van der Waals surface area contributed by atoms with Crippen LogP contribution in [0.15, 0.2) is 0 Å². The maximum absolute atomic E-state index is 2.46. The summed E-state index contributed by atoms with van der Waals surface area (Å²) in [5.74, 6) is 0. The lowest BCUT2D eigenvalue weighted by Crippen LogP contribution is -2.50. The molecule has 0 amide bonds. The fourth-order valence-corrected chi connectivity index (χ4v) is 3.26. The summed E-state index contributed by atoms with van der Waals surface area (Å²) in [6.07, 6.45) is 16.0. The zero-order valence-corrected chi connectivity index (χ0v) is 13.0. The van der Waals surface area contributed by atoms with Gasteiger partial charge in [-0.3, -0.25) is 0 Å². The number of quaternary nitrogens is 1. The summed E-state index contributed by atoms with van der Waals surface area (Å²) in [4.78, 5) is 0. The van der Waals surface area contributed by atoms with Gasteiger partial charge in [0.1, 0.15) is 0 Å². The van der Waals surface area contributed by atoms with Gasteiger partial charge in [0.25, 0.3) is 0 Å². The van der Waals surface area contributed by atoms with Gasteiger partial charge in [-0.2, -0.15) is 0 Å². The maximum atomic E-state index is 2.46. The predicted molar refractivity (Wildman–Crippen MR) is 79.2 cm³/mol. The number of unbranched alkanes of at least 4 members (excludes halogenated alkanes) is 5. The summed E-state index contributed by atoms with van der Waals surface area (Å²) in [7, 11) is 4.92. The molecule has 1 rings (SSSR count). The Morgan fingerprint density at radius 2 is 1.39 bits per heavy atom. The molecule has 0 aromatic heterocycles. The Morgan fingerprint density at radius 3 is 2.00 bits per heavy atom. The number of hydrogen-bond acceptors (Lipinski definition) is 1. The first kappa shape index (κ1) is 17.9. The van der Waals surface area contributed by atoms with Crippen molar-refractivity contribution in [1.82, 2.24) is 0 Å². The summed E-state index contributed by atoms with van der Waals surface area (Å²) in [6.45, 7) is 3.69. The first-order valence-electron chi connectivity index (χ1n) is 7.99. The van der Waals surface area contributed by atoms with Gasteiger partial charge in [0.2, 0.25) is 0 Å². The molecule has 0 atom stereocenters. The monoisotopic (exact) mass is 257 g/mol. The highest BCUT2D eigenvalue weighted by Crippen LogP contribution is 2.26. The third kappa shape index (κ3) is 6.75. The van der Waals surface area contributed by atoms with Gasteiger partial charge in [-0.25, -0.2) is 0 Å². The SMILES string of the molecule is CCCCCCCC[N+](C)(C)C1CCCCC1.[OH-]. The van der Waals surface area contributed by atoms with Crippen molar-refractivity contribution in [2.24, 2.45) is 0 Å². The second kappa shape index (κ2) is 9.80. The Morgan fingerprint density at radius 1 is 0.833 bits per heavy atom. The van der Waals surface area contributed by atoms with Crippen molar-refractivity contribution >= 4 is 0 Å². The largest absolute Gasteiger partial charge is 0.870 e. The molecule has 1 N–H and O–H groups in total. The summed E-state index contributed by atoms with van der Waals surface area (Å²) >= 11 is 0. The Labute approximate surface area is 115 Å². The molecule has 1 saturated carbocycles. The van der Waals surface area contributed by atoms with Crippen LogP contribution >= 0.6 is 0 Å². The van der Waals surface area contributed by atoms with E-state index in [0.29, 0.717) is 0 Å². The molecule has 0 radical (unpaired) electrons. The predicted octanol–water partition coefficient (Wildman–Crippen LogP) is 4.58. The molecule has 0 unspecified atom stereocenters. The van der Waals surface area contributed by atoms with Crippen molar-refractivity contribution in [1.29, 1.82) is 0 Å². The normalized spacial score (nSPS) is 17.5. The molecule has 0 saturated heterocycles. The van der Waals surface area contributed by atoms with E-state index in [-0.39, 0.29) is 5.48 Å². The third-order valence-electron chi connectivity index (χ3n) is 4.65. The molecule has 0 aromatic rings. The van der Waals surface area contributed by atoms with Crippen LogP contribution in [0.5, 0.6) is 0 Å². The van der Waals surface area contributed by atoms with Gasteiger partial charge in [0.15, 0.2) is 0 Å². The van der Waals surface area contributed by atoms with E-state index in [1.807, 2.05) is 0 Å². The quantitative estimate of drug-likeness (QED) is 0.462. The Hall–Kier alpha value is -0.0800. The maximum Gasteiger partial charge on any atom is 0.0886 e. The number of nitrogens with zero attached hydrogens (tertiary/aromatic N) is 1. The second-order valence-electron chi connectivity index (χ2n) is 6.56. The molecule has 0 heterocycles. The van der Waals surface area contributed by atoms with E-state index in [4.69, 9.17) is 0 Å². The number of hydrogen-bond donors (Lipinski definition) is 0. The molecular weight excluding hydrogens is 222 g/mol. The van der Waals surface area contributed by atoms with Crippen LogP contribution in [0.1, 0.15) is 77.6 Å². The molecule has 18 heavy (non-hydrogen) atoms. The molecule has 1 aliphatic carbocycles. The van der Waals surface area contributed by atoms with Crippen molar-refractivity contribution < 1.29 is 9.96 Å². The molecule has 1 fully saturated rings. The van der Waals surface area contributed by atoms with Crippen LogP contribution in [-0.2, 0) is 0 Å². The molecule has 0 aliphatic heterocycles. The van der Waals surface area contributed by atoms with Crippen molar-refractivity contribution in [2.45, 2.75) is 83.6 Å². The molecule has 2 heteroatoms. The van der Waals surface area contributed by atoms with Gasteiger partial charge in [0.05, 0.1) is 26.7 Å². The van der Waals surface area contributed by atoms with E-state index in [1.165, 1.54) is 81.7 Å². The van der Waals surface area contributed by atoms with E-state index in [9.17, 15) is 0 Å². The van der Waals surface area contributed by atoms with Crippen LogP contribution in [0.4, 0.5) is 0 Å². The van der Waals surface area contributed by atoms with E-state index in [0.717, 1.165) is 6.04 Å². The van der Waals surface area contributed by atoms with Crippen molar-refractivity contribution in [2.75, 3.05) is 20.6 Å². The Bertz CT molecular complexity index is 186. The first-order valence-corrected chi connectivity index (χ1v) is 7.99. The summed E-state index contributed by atoms with van der Waals surface area (Å²) in [5.41, 5.74) is 0. The fraction of sp³-hybridized carbons (Fsp3) is 1.00. The zero-order chi connectivity index (χ0) is 12.6. The van der Waals surface area contributed by atoms with Crippen molar-refractivity contribution in [3.63, 3.8) is 0 Å². The van der Waals surface area contributed by atoms with E-state index in [2.05, 4.69) is 21.0 Å². The Balaban J connectivity index is 0.00000289. The standard InChI is InChI=1S/C16H34N.H2O/c1-4-5-6-7-8-12-15-17(2,3)16-13-10-9-11-14-16;/h16H,4-15H2,1-3H3;1H2/q+1;/p-1. The van der Waals surface area contributed by atoms with Gasteiger partial charge in [-0.15, -0.1) is 0 Å². The smallest absolute Gasteiger partial charge is 0.0886 e. The molecule has 2 nitrogen and oxygen atoms in total. The molecule has 0 bridgehead atoms. The molecule has 1 aliphatic rings. The lowest BCUT2D eigenvalue weighted by molar-refractivity contribution is -0.916. The van der Waals surface area contributed by atoms with Crippen LogP contribution < -0.4 is 0 Å². The van der Waals surface area contributed by atoms with Gasteiger partial charge in [-0.1, -0.05) is 39.0 Å². The second-order valence-corrected chi connectivity index (χ2v) is 6.56. The van der Waals surface area contributed by atoms with E-state index >= 15 is 0 Å². The van der Waals surface area contributed by atoms with Crippen LogP contribution in [0.25, 0.3) is 0 Å². The van der Waals surface area contributed by atoms with E-state index in [1.54, 1.807) is 0 Å². The highest BCUT2D eigenvalue weighted by atomic mass is 16.0. The highest BCUT2D eigenvalue weighted by Gasteiger charge is 2.28. The van der Waals surface area contributed by atoms with Crippen molar-refractivity contribution in [3.05, 3.63) is 0 Å². The third-order valence-corrected chi connectivity index (χ3v) is 4.65. The van der Waals surface area contributed by atoms with Crippen molar-refractivity contribution in [3.8, 4) is 0 Å². The van der Waals surface area contributed by atoms with Gasteiger partial charge in [0, 0.05) is 0 Å². The lowest BCUT2D eigenvalue weighted by atomic mass is 9.93. The minimum absolute atomic E-state index is 0. The highest BCUT2D eigenvalue weighted by molar-refractivity contribution is 4.65. The van der Waals surface area contributed by atoms with Gasteiger partial charge >= 0.3 is 0 Å². The summed E-state index contributed by atoms with van der Waals surface area (Å²) in [6, 6.07) is 0.958. The first-order chi connectivity index (χ1) is 8.17. The van der Waals surface area contributed by atoms with Crippen LogP contribution in [-0.4, -0.2) is 36.6 Å². The van der Waals surface area contributed by atoms with Gasteiger partial charge in [-0.05, 0) is 38.5 Å². The summed E-state index contributed by atoms with van der Waals surface area (Å²) in [5, 5.41) is 0. The average molecular weight is 257 g/mol. The van der Waals surface area contributed by atoms with Crippen LogP contribution in [0, 0.1) is 0 Å². The molecule has 0 spiro atoms. The molecule has 110 valence electrons. The lowest BCUT2D eigenvalue weighted by Gasteiger charge is -2.40. The fourth-order valence-electron chi connectivity index (χ4n) is 3.26.